The summed E-state index contributed by atoms with van der Waals surface area (Å²) in [7, 11) is 0. The Kier molecular flexibility index (Phi) is 7.60. The number of para-hydroxylation sites is 1. The predicted molar refractivity (Wildman–Crippen MR) is 130 cm³/mol. The first-order valence-corrected chi connectivity index (χ1v) is 11.4. The molecule has 0 aliphatic rings. The van der Waals surface area contributed by atoms with Crippen LogP contribution in [0.2, 0.25) is 0 Å². The van der Waals surface area contributed by atoms with Gasteiger partial charge in [0.05, 0.1) is 24.4 Å². The fraction of sp³-hybridized carbons (Fsp3) is 0.296. The fourth-order valence-corrected chi connectivity index (χ4v) is 3.86. The molecule has 33 heavy (non-hydrogen) atoms. The molecule has 1 N–H and O–H groups in total. The minimum atomic E-state index is 0.00603. The van der Waals surface area contributed by atoms with Crippen LogP contribution in [0, 0.1) is 0 Å². The number of hydrogen-bond donors (Lipinski definition) is 1. The number of furan rings is 1. The molecule has 0 radical (unpaired) electrons. The molecular weight excluding hydrogens is 416 g/mol. The van der Waals surface area contributed by atoms with E-state index in [1.165, 1.54) is 0 Å². The van der Waals surface area contributed by atoms with Crippen LogP contribution in [0.5, 0.6) is 11.5 Å². The van der Waals surface area contributed by atoms with Crippen LogP contribution in [0.1, 0.15) is 31.2 Å². The first-order chi connectivity index (χ1) is 16.2. The largest absolute Gasteiger partial charge is 0.468 e. The van der Waals surface area contributed by atoms with Gasteiger partial charge < -0.3 is 23.8 Å². The Morgan fingerprint density at radius 1 is 1.03 bits per heavy atom. The first-order valence-electron chi connectivity index (χ1n) is 11.4. The van der Waals surface area contributed by atoms with E-state index in [0.29, 0.717) is 38.5 Å². The lowest BCUT2D eigenvalue weighted by Gasteiger charge is -2.16. The summed E-state index contributed by atoms with van der Waals surface area (Å²) in [4.78, 5) is 13.4. The Hall–Kier alpha value is -3.35. The lowest BCUT2D eigenvalue weighted by atomic mass is 10.1. The van der Waals surface area contributed by atoms with Crippen molar-refractivity contribution in [3.8, 4) is 11.5 Å². The maximum absolute atomic E-state index is 13.4. The molecule has 2 heterocycles. The predicted octanol–water partition coefficient (Wildman–Crippen LogP) is 5.32. The third-order valence-electron chi connectivity index (χ3n) is 5.60. The zero-order valence-electron chi connectivity index (χ0n) is 19.1. The van der Waals surface area contributed by atoms with Gasteiger partial charge in [0.15, 0.2) is 0 Å². The highest BCUT2D eigenvalue weighted by Gasteiger charge is 2.12. The Morgan fingerprint density at radius 2 is 1.88 bits per heavy atom. The number of benzene rings is 2. The number of hydrogen-bond acceptors (Lipinski definition) is 5. The molecule has 0 aliphatic carbocycles. The second-order valence-electron chi connectivity index (χ2n) is 7.90. The van der Waals surface area contributed by atoms with Crippen LogP contribution in [-0.4, -0.2) is 24.3 Å². The molecule has 1 atom stereocenters. The first kappa shape index (κ1) is 22.8. The van der Waals surface area contributed by atoms with Crippen LogP contribution >= 0.6 is 0 Å². The van der Waals surface area contributed by atoms with Gasteiger partial charge in [-0.05, 0) is 68.1 Å². The van der Waals surface area contributed by atoms with E-state index >= 15 is 0 Å². The minimum absolute atomic E-state index is 0.00603. The highest BCUT2D eigenvalue weighted by Crippen LogP contribution is 2.25. The Morgan fingerprint density at radius 3 is 2.64 bits per heavy atom. The molecule has 0 amide bonds. The van der Waals surface area contributed by atoms with Crippen molar-refractivity contribution < 1.29 is 13.9 Å². The van der Waals surface area contributed by atoms with Gasteiger partial charge in [-0.2, -0.15) is 0 Å². The lowest BCUT2D eigenvalue weighted by Crippen LogP contribution is -2.29. The normalized spacial score (nSPS) is 12.2. The summed E-state index contributed by atoms with van der Waals surface area (Å²) in [6.45, 7) is 6.25. The molecule has 4 aromatic rings. The van der Waals surface area contributed by atoms with E-state index in [1.807, 2.05) is 80.6 Å². The van der Waals surface area contributed by atoms with Crippen molar-refractivity contribution in [1.29, 1.82) is 0 Å². The quantitative estimate of drug-likeness (QED) is 0.316. The van der Waals surface area contributed by atoms with E-state index < -0.39 is 0 Å². The molecule has 0 bridgehead atoms. The summed E-state index contributed by atoms with van der Waals surface area (Å²) in [5.41, 5.74) is 1.62. The van der Waals surface area contributed by atoms with Crippen molar-refractivity contribution >= 4 is 10.9 Å². The van der Waals surface area contributed by atoms with Crippen molar-refractivity contribution in [2.24, 2.45) is 0 Å². The number of fused-ring (bicyclic) bond motifs is 1. The van der Waals surface area contributed by atoms with E-state index in [9.17, 15) is 4.79 Å². The number of nitrogens with zero attached hydrogens (tertiary/aromatic N) is 1. The molecule has 0 fully saturated rings. The summed E-state index contributed by atoms with van der Waals surface area (Å²) in [5.74, 6) is 2.34. The molecular formula is C27H30N2O4. The number of rotatable bonds is 11. The zero-order chi connectivity index (χ0) is 23.0. The van der Waals surface area contributed by atoms with E-state index in [-0.39, 0.29) is 11.6 Å². The third-order valence-corrected chi connectivity index (χ3v) is 5.60. The highest BCUT2D eigenvalue weighted by atomic mass is 16.5. The Bertz CT molecular complexity index is 1220. The molecule has 1 unspecified atom stereocenters. The van der Waals surface area contributed by atoms with Crippen LogP contribution in [0.15, 0.2) is 82.2 Å². The minimum Gasteiger partial charge on any atom is -0.468 e. The number of aromatic nitrogens is 1. The van der Waals surface area contributed by atoms with Crippen molar-refractivity contribution in [3.05, 3.63) is 94.7 Å². The molecule has 172 valence electrons. The molecule has 2 aromatic heterocycles. The molecule has 0 spiro atoms. The summed E-state index contributed by atoms with van der Waals surface area (Å²) in [6, 6.07) is 21.4. The van der Waals surface area contributed by atoms with Gasteiger partial charge in [-0.1, -0.05) is 18.2 Å². The van der Waals surface area contributed by atoms with Gasteiger partial charge in [0.1, 0.15) is 17.3 Å². The summed E-state index contributed by atoms with van der Waals surface area (Å²) in [6.07, 6.45) is 2.29. The van der Waals surface area contributed by atoms with E-state index in [1.54, 1.807) is 10.8 Å². The van der Waals surface area contributed by atoms with Gasteiger partial charge >= 0.3 is 0 Å². The van der Waals surface area contributed by atoms with Gasteiger partial charge in [0, 0.05) is 31.3 Å². The number of ether oxygens (including phenoxy) is 2. The van der Waals surface area contributed by atoms with Gasteiger partial charge in [0.25, 0.3) is 5.56 Å². The molecule has 0 aliphatic heterocycles. The average molecular weight is 447 g/mol. The van der Waals surface area contributed by atoms with Crippen LogP contribution < -0.4 is 15.6 Å². The maximum atomic E-state index is 13.4. The SMILES string of the molecule is CCOCCn1c(=O)c(CCNC(C)c2ccco2)cc2ccc(Oc3ccccc3)cc21. The van der Waals surface area contributed by atoms with E-state index in [0.717, 1.165) is 28.0 Å². The summed E-state index contributed by atoms with van der Waals surface area (Å²) >= 11 is 0. The standard InChI is InChI=1S/C27H30N2O4/c1-3-31-17-15-29-25-19-24(33-23-8-5-4-6-9-23)12-11-21(25)18-22(27(29)30)13-14-28-20(2)26-10-7-16-32-26/h4-12,16,18-20,28H,3,13-15,17H2,1-2H3. The van der Waals surface area contributed by atoms with E-state index in [2.05, 4.69) is 5.32 Å². The Balaban J connectivity index is 1.58. The monoisotopic (exact) mass is 446 g/mol. The van der Waals surface area contributed by atoms with Gasteiger partial charge in [-0.15, -0.1) is 0 Å². The number of nitrogens with one attached hydrogen (secondary N) is 1. The topological polar surface area (TPSA) is 65.6 Å². The van der Waals surface area contributed by atoms with Crippen LogP contribution in [-0.2, 0) is 17.7 Å². The summed E-state index contributed by atoms with van der Waals surface area (Å²) in [5, 5.41) is 4.43. The van der Waals surface area contributed by atoms with Crippen LogP contribution in [0.4, 0.5) is 0 Å². The second kappa shape index (κ2) is 11.0. The van der Waals surface area contributed by atoms with E-state index in [4.69, 9.17) is 13.9 Å². The molecule has 4 rings (SSSR count). The zero-order valence-corrected chi connectivity index (χ0v) is 19.1. The highest BCUT2D eigenvalue weighted by molar-refractivity contribution is 5.81. The van der Waals surface area contributed by atoms with Gasteiger partial charge in [0.2, 0.25) is 0 Å². The second-order valence-corrected chi connectivity index (χ2v) is 7.90. The van der Waals surface area contributed by atoms with Crippen molar-refractivity contribution in [2.75, 3.05) is 19.8 Å². The summed E-state index contributed by atoms with van der Waals surface area (Å²) < 4.78 is 18.8. The smallest absolute Gasteiger partial charge is 0.254 e. The Labute approximate surface area is 193 Å². The lowest BCUT2D eigenvalue weighted by molar-refractivity contribution is 0.139. The molecule has 0 saturated heterocycles. The molecule has 6 heteroatoms. The third kappa shape index (κ3) is 5.72. The van der Waals surface area contributed by atoms with Crippen molar-refractivity contribution in [2.45, 2.75) is 32.9 Å². The molecule has 0 saturated carbocycles. The van der Waals surface area contributed by atoms with Crippen molar-refractivity contribution in [3.63, 3.8) is 0 Å². The molecule has 2 aromatic carbocycles. The van der Waals surface area contributed by atoms with Crippen molar-refractivity contribution in [1.82, 2.24) is 9.88 Å². The van der Waals surface area contributed by atoms with Gasteiger partial charge in [-0.3, -0.25) is 4.79 Å². The van der Waals surface area contributed by atoms with Crippen LogP contribution in [0.3, 0.4) is 0 Å². The van der Waals surface area contributed by atoms with Gasteiger partial charge in [-0.25, -0.2) is 0 Å². The maximum Gasteiger partial charge on any atom is 0.254 e. The average Bonchev–Trinajstić information content (AvgIpc) is 3.37. The molecule has 6 nitrogen and oxygen atoms in total. The number of pyridine rings is 1. The fourth-order valence-electron chi connectivity index (χ4n) is 3.86. The van der Waals surface area contributed by atoms with Crippen LogP contribution in [0.25, 0.3) is 10.9 Å².